The Morgan fingerprint density at radius 2 is 1.69 bits per heavy atom. The maximum Gasteiger partial charge on any atom is 0.255 e. The molecule has 3 heterocycles. The van der Waals surface area contributed by atoms with E-state index in [4.69, 9.17) is 5.26 Å². The zero-order valence-corrected chi connectivity index (χ0v) is 22.9. The minimum Gasteiger partial charge on any atom is -0.367 e. The highest BCUT2D eigenvalue weighted by Gasteiger charge is 2.39. The van der Waals surface area contributed by atoms with Crippen LogP contribution in [0.1, 0.15) is 51.0 Å². The molecule has 2 fully saturated rings. The van der Waals surface area contributed by atoms with Gasteiger partial charge >= 0.3 is 0 Å². The van der Waals surface area contributed by atoms with Crippen LogP contribution in [0, 0.1) is 29.0 Å². The quantitative estimate of drug-likeness (QED) is 0.388. The molecule has 6 rings (SSSR count). The Bertz CT molecular complexity index is 1680. The number of halogens is 1. The molecule has 1 unspecified atom stereocenters. The number of hydrogen-bond donors (Lipinski definition) is 1. The molecule has 0 bridgehead atoms. The highest BCUT2D eigenvalue weighted by Crippen LogP contribution is 2.29. The van der Waals surface area contributed by atoms with Crippen LogP contribution >= 0.6 is 0 Å². The summed E-state index contributed by atoms with van der Waals surface area (Å²) in [6, 6.07) is 19.4. The standard InChI is InChI=1S/C33H28FN5O3/c34-28-18-24(19-35)9-11-29(28)38-16-14-37(15-17-38)20-23-6-4-22(5-7-23)8-10-25-2-1-3-26-27(25)21-39(33(26)42)30-12-13-31(40)36-32(30)41/h1-7,9,11,18,30H,12-17,20-21H2,(H,36,40,41). The third kappa shape index (κ3) is 5.47. The Labute approximate surface area is 243 Å². The van der Waals surface area contributed by atoms with Crippen molar-refractivity contribution in [2.75, 3.05) is 31.1 Å². The summed E-state index contributed by atoms with van der Waals surface area (Å²) < 4.78 is 14.4. The number of hydrogen-bond acceptors (Lipinski definition) is 6. The van der Waals surface area contributed by atoms with Crippen molar-refractivity contribution in [3.8, 4) is 17.9 Å². The van der Waals surface area contributed by atoms with Gasteiger partial charge in [0.25, 0.3) is 5.91 Å². The number of piperidine rings is 1. The van der Waals surface area contributed by atoms with Crippen LogP contribution < -0.4 is 10.2 Å². The number of amides is 3. The molecule has 3 aromatic rings. The average molecular weight is 562 g/mol. The number of rotatable bonds is 4. The number of carbonyl (C=O) groups is 3. The molecular weight excluding hydrogens is 533 g/mol. The monoisotopic (exact) mass is 561 g/mol. The summed E-state index contributed by atoms with van der Waals surface area (Å²) in [5.41, 5.74) is 4.96. The first kappa shape index (κ1) is 27.2. The Morgan fingerprint density at radius 1 is 0.929 bits per heavy atom. The van der Waals surface area contributed by atoms with Crippen LogP contribution in [-0.2, 0) is 22.7 Å². The van der Waals surface area contributed by atoms with E-state index in [0.29, 0.717) is 36.3 Å². The van der Waals surface area contributed by atoms with E-state index >= 15 is 0 Å². The molecule has 210 valence electrons. The fourth-order valence-corrected chi connectivity index (χ4v) is 5.77. The van der Waals surface area contributed by atoms with Crippen LogP contribution in [0.3, 0.4) is 0 Å². The van der Waals surface area contributed by atoms with Gasteiger partial charge in [-0.25, -0.2) is 4.39 Å². The molecule has 9 heteroatoms. The predicted octanol–water partition coefficient (Wildman–Crippen LogP) is 3.18. The Kier molecular flexibility index (Phi) is 7.43. The number of anilines is 1. The minimum absolute atomic E-state index is 0.213. The van der Waals surface area contributed by atoms with E-state index in [1.807, 2.05) is 29.2 Å². The first-order valence-corrected chi connectivity index (χ1v) is 13.9. The zero-order valence-electron chi connectivity index (χ0n) is 22.9. The van der Waals surface area contributed by atoms with Crippen molar-refractivity contribution in [1.29, 1.82) is 5.26 Å². The van der Waals surface area contributed by atoms with E-state index in [2.05, 4.69) is 34.2 Å². The Hall–Kier alpha value is -4.99. The maximum absolute atomic E-state index is 14.4. The highest BCUT2D eigenvalue weighted by molar-refractivity contribution is 6.05. The van der Waals surface area contributed by atoms with Crippen molar-refractivity contribution in [3.63, 3.8) is 0 Å². The summed E-state index contributed by atoms with van der Waals surface area (Å²) in [6.45, 7) is 4.08. The van der Waals surface area contributed by atoms with Crippen molar-refractivity contribution in [2.45, 2.75) is 32.0 Å². The summed E-state index contributed by atoms with van der Waals surface area (Å²) in [5, 5.41) is 11.3. The van der Waals surface area contributed by atoms with Crippen molar-refractivity contribution in [3.05, 3.63) is 99.9 Å². The van der Waals surface area contributed by atoms with Crippen LogP contribution in [0.5, 0.6) is 0 Å². The van der Waals surface area contributed by atoms with Crippen LogP contribution in [0.25, 0.3) is 0 Å². The number of nitrogens with zero attached hydrogens (tertiary/aromatic N) is 4. The molecule has 0 radical (unpaired) electrons. The number of nitrogens with one attached hydrogen (secondary N) is 1. The third-order valence-electron chi connectivity index (χ3n) is 8.07. The van der Waals surface area contributed by atoms with Crippen LogP contribution in [0.15, 0.2) is 60.7 Å². The number of piperazine rings is 1. The number of nitriles is 1. The summed E-state index contributed by atoms with van der Waals surface area (Å²) in [5.74, 6) is 5.10. The van der Waals surface area contributed by atoms with E-state index in [1.54, 1.807) is 24.3 Å². The molecule has 2 saturated heterocycles. The summed E-state index contributed by atoms with van der Waals surface area (Å²) in [6.07, 6.45) is 0.539. The van der Waals surface area contributed by atoms with E-state index in [9.17, 15) is 18.8 Å². The summed E-state index contributed by atoms with van der Waals surface area (Å²) >= 11 is 0. The lowest BCUT2D eigenvalue weighted by Crippen LogP contribution is -2.52. The molecule has 1 N–H and O–H groups in total. The van der Waals surface area contributed by atoms with Crippen molar-refractivity contribution in [2.24, 2.45) is 0 Å². The molecule has 1 atom stereocenters. The lowest BCUT2D eigenvalue weighted by Gasteiger charge is -2.36. The van der Waals surface area contributed by atoms with E-state index in [-0.39, 0.29) is 30.6 Å². The number of fused-ring (bicyclic) bond motifs is 1. The third-order valence-corrected chi connectivity index (χ3v) is 8.07. The number of carbonyl (C=O) groups excluding carboxylic acids is 3. The van der Waals surface area contributed by atoms with Crippen molar-refractivity contribution < 1.29 is 18.8 Å². The van der Waals surface area contributed by atoms with Gasteiger partial charge in [0.05, 0.1) is 17.3 Å². The number of benzene rings is 3. The normalized spacial score (nSPS) is 18.7. The van der Waals surface area contributed by atoms with Crippen molar-refractivity contribution >= 4 is 23.4 Å². The molecule has 3 aromatic carbocycles. The predicted molar refractivity (Wildman–Crippen MR) is 154 cm³/mol. The first-order valence-electron chi connectivity index (χ1n) is 13.9. The largest absolute Gasteiger partial charge is 0.367 e. The van der Waals surface area contributed by atoms with Crippen LogP contribution in [-0.4, -0.2) is 59.7 Å². The molecule has 3 aliphatic rings. The molecule has 0 aliphatic carbocycles. The summed E-state index contributed by atoms with van der Waals surface area (Å²) in [7, 11) is 0. The van der Waals surface area contributed by atoms with Gasteiger partial charge in [-0.1, -0.05) is 30.0 Å². The minimum atomic E-state index is -0.656. The van der Waals surface area contributed by atoms with E-state index in [1.165, 1.54) is 11.0 Å². The van der Waals surface area contributed by atoms with Gasteiger partial charge in [-0.2, -0.15) is 5.26 Å². The van der Waals surface area contributed by atoms with Crippen LogP contribution in [0.2, 0.25) is 0 Å². The molecule has 8 nitrogen and oxygen atoms in total. The second-order valence-corrected chi connectivity index (χ2v) is 10.7. The van der Waals surface area contributed by atoms with Crippen molar-refractivity contribution in [1.82, 2.24) is 15.1 Å². The lowest BCUT2D eigenvalue weighted by atomic mass is 10.0. The SMILES string of the molecule is N#Cc1ccc(N2CCN(Cc3ccc(C#Cc4cccc5c4CN(C4CCC(=O)NC4=O)C5=O)cc3)CC2)c(F)c1. The van der Waals surface area contributed by atoms with Gasteiger partial charge in [-0.05, 0) is 60.0 Å². The molecule has 3 aliphatic heterocycles. The molecule has 0 spiro atoms. The van der Waals surface area contributed by atoms with Gasteiger partial charge in [-0.3, -0.25) is 24.6 Å². The van der Waals surface area contributed by atoms with Gasteiger partial charge in [0.2, 0.25) is 11.8 Å². The van der Waals surface area contributed by atoms with Gasteiger partial charge in [0.1, 0.15) is 11.9 Å². The van der Waals surface area contributed by atoms with Gasteiger partial charge in [-0.15, -0.1) is 0 Å². The fourth-order valence-electron chi connectivity index (χ4n) is 5.77. The zero-order chi connectivity index (χ0) is 29.2. The lowest BCUT2D eigenvalue weighted by molar-refractivity contribution is -0.136. The van der Waals surface area contributed by atoms with E-state index < -0.39 is 11.9 Å². The Morgan fingerprint density at radius 3 is 2.40 bits per heavy atom. The fraction of sp³-hybridized carbons (Fsp3) is 0.273. The molecular formula is C33H28FN5O3. The number of imide groups is 1. The van der Waals surface area contributed by atoms with Gasteiger partial charge in [0.15, 0.2) is 0 Å². The summed E-state index contributed by atoms with van der Waals surface area (Å²) in [4.78, 5) is 42.8. The molecule has 0 aromatic heterocycles. The smallest absolute Gasteiger partial charge is 0.255 e. The molecule has 3 amide bonds. The average Bonchev–Trinajstić information content (AvgIpc) is 3.33. The molecule has 42 heavy (non-hydrogen) atoms. The second-order valence-electron chi connectivity index (χ2n) is 10.7. The maximum atomic E-state index is 14.4. The van der Waals surface area contributed by atoms with Crippen LogP contribution in [0.4, 0.5) is 10.1 Å². The first-order chi connectivity index (χ1) is 20.4. The second kappa shape index (κ2) is 11.5. The van der Waals surface area contributed by atoms with Gasteiger partial charge < -0.3 is 9.80 Å². The van der Waals surface area contributed by atoms with Gasteiger partial charge in [0, 0.05) is 62.4 Å². The Balaban J connectivity index is 1.07. The molecule has 0 saturated carbocycles. The van der Waals surface area contributed by atoms with E-state index in [0.717, 1.165) is 41.9 Å². The highest BCUT2D eigenvalue weighted by atomic mass is 19.1. The topological polar surface area (TPSA) is 96.8 Å².